The zero-order chi connectivity index (χ0) is 16.5. The molecule has 4 nitrogen and oxygen atoms in total. The van der Waals surface area contributed by atoms with Crippen molar-refractivity contribution in [1.29, 1.82) is 0 Å². The first kappa shape index (κ1) is 15.9. The molecule has 0 spiro atoms. The van der Waals surface area contributed by atoms with E-state index in [0.717, 1.165) is 30.8 Å². The van der Waals surface area contributed by atoms with E-state index < -0.39 is 0 Å². The molecule has 2 heterocycles. The fourth-order valence-corrected chi connectivity index (χ4v) is 3.80. The summed E-state index contributed by atoms with van der Waals surface area (Å²) in [5.41, 5.74) is 3.56. The fourth-order valence-electron chi connectivity index (χ4n) is 2.34. The minimum absolute atomic E-state index is 0.556. The van der Waals surface area contributed by atoms with E-state index in [-0.39, 0.29) is 0 Å². The highest BCUT2D eigenvalue weighted by Crippen LogP contribution is 2.27. The summed E-state index contributed by atoms with van der Waals surface area (Å²) in [7, 11) is 0. The van der Waals surface area contributed by atoms with Crippen LogP contribution in [0.1, 0.15) is 4.88 Å². The normalized spacial score (nSPS) is 11.1. The van der Waals surface area contributed by atoms with Gasteiger partial charge in [0.15, 0.2) is 10.0 Å². The van der Waals surface area contributed by atoms with Gasteiger partial charge in [-0.3, -0.25) is 0 Å². The summed E-state index contributed by atoms with van der Waals surface area (Å²) in [6, 6.07) is 14.0. The van der Waals surface area contributed by atoms with E-state index >= 15 is 0 Å². The number of aromatic nitrogens is 2. The van der Waals surface area contributed by atoms with Crippen molar-refractivity contribution >= 4 is 62.3 Å². The first-order valence-corrected chi connectivity index (χ1v) is 9.45. The second-order valence-corrected chi connectivity index (χ2v) is 8.09. The molecule has 4 rings (SSSR count). The van der Waals surface area contributed by atoms with Crippen molar-refractivity contribution in [3.8, 4) is 11.5 Å². The molecule has 1 N–H and O–H groups in total. The fraction of sp³-hybridized carbons (Fsp3) is 0.0588. The second-order valence-electron chi connectivity index (χ2n) is 5.14. The summed E-state index contributed by atoms with van der Waals surface area (Å²) in [5.74, 6) is 0.634. The minimum atomic E-state index is 0.556. The van der Waals surface area contributed by atoms with Crippen molar-refractivity contribution in [2.24, 2.45) is 0 Å². The average molecular weight is 468 g/mol. The monoisotopic (exact) mass is 467 g/mol. The number of anilines is 1. The Morgan fingerprint density at radius 1 is 1.21 bits per heavy atom. The molecule has 0 unspecified atom stereocenters. The zero-order valence-electron chi connectivity index (χ0n) is 12.3. The van der Waals surface area contributed by atoms with E-state index in [4.69, 9.17) is 16.0 Å². The summed E-state index contributed by atoms with van der Waals surface area (Å²) in [5, 5.41) is 3.35. The van der Waals surface area contributed by atoms with Crippen LogP contribution in [0.3, 0.4) is 0 Å². The van der Waals surface area contributed by atoms with Crippen LogP contribution < -0.4 is 5.32 Å². The Balaban J connectivity index is 1.59. The van der Waals surface area contributed by atoms with E-state index in [0.29, 0.717) is 16.9 Å². The van der Waals surface area contributed by atoms with Gasteiger partial charge >= 0.3 is 0 Å². The summed E-state index contributed by atoms with van der Waals surface area (Å²) in [6.07, 6.45) is 1.78. The predicted molar refractivity (Wildman–Crippen MR) is 107 cm³/mol. The van der Waals surface area contributed by atoms with Crippen molar-refractivity contribution in [3.63, 3.8) is 0 Å². The van der Waals surface area contributed by atoms with Crippen LogP contribution in [0, 0.1) is 3.57 Å². The highest BCUT2D eigenvalue weighted by Gasteiger charge is 2.09. The van der Waals surface area contributed by atoms with Gasteiger partial charge in [0.2, 0.25) is 5.89 Å². The molecule has 0 saturated carbocycles. The van der Waals surface area contributed by atoms with E-state index in [1.165, 1.54) is 11.3 Å². The van der Waals surface area contributed by atoms with E-state index in [1.54, 1.807) is 6.20 Å². The molecule has 0 amide bonds. The molecule has 7 heteroatoms. The van der Waals surface area contributed by atoms with Crippen LogP contribution in [0.2, 0.25) is 4.47 Å². The lowest BCUT2D eigenvalue weighted by Crippen LogP contribution is -1.96. The molecule has 0 radical (unpaired) electrons. The molecule has 0 aliphatic rings. The molecule has 0 aliphatic carbocycles. The number of nitrogens with one attached hydrogen (secondary N) is 1. The molecule has 2 aromatic heterocycles. The van der Waals surface area contributed by atoms with Gasteiger partial charge in [0.25, 0.3) is 0 Å². The zero-order valence-corrected chi connectivity index (χ0v) is 16.0. The molecular formula is C17H11ClIN3OS. The minimum Gasteiger partial charge on any atom is -0.436 e. The Labute approximate surface area is 161 Å². The summed E-state index contributed by atoms with van der Waals surface area (Å²) in [6.45, 7) is 0.678. The van der Waals surface area contributed by atoms with Crippen molar-refractivity contribution in [3.05, 3.63) is 61.6 Å². The lowest BCUT2D eigenvalue weighted by Gasteiger charge is -2.03. The molecule has 24 heavy (non-hydrogen) atoms. The number of hydrogen-bond acceptors (Lipinski definition) is 5. The molecule has 0 saturated heterocycles. The first-order valence-electron chi connectivity index (χ1n) is 7.18. The Hall–Kier alpha value is -1.64. The highest BCUT2D eigenvalue weighted by atomic mass is 127. The molecular weight excluding hydrogens is 457 g/mol. The smallest absolute Gasteiger partial charge is 0.227 e. The molecule has 0 bridgehead atoms. The second kappa shape index (κ2) is 6.70. The van der Waals surface area contributed by atoms with Gasteiger partial charge in [-0.05, 0) is 59.0 Å². The van der Waals surface area contributed by atoms with Gasteiger partial charge in [0, 0.05) is 25.9 Å². The molecule has 120 valence electrons. The molecule has 0 atom stereocenters. The number of nitrogens with zero attached hydrogens (tertiary/aromatic N) is 2. The van der Waals surface area contributed by atoms with Gasteiger partial charge in [0.1, 0.15) is 5.52 Å². The molecule has 0 fully saturated rings. The van der Waals surface area contributed by atoms with Crippen LogP contribution in [0.25, 0.3) is 22.6 Å². The lowest BCUT2D eigenvalue weighted by molar-refractivity contribution is 0.620. The Bertz CT molecular complexity index is 1010. The van der Waals surface area contributed by atoms with Crippen molar-refractivity contribution in [1.82, 2.24) is 9.97 Å². The summed E-state index contributed by atoms with van der Waals surface area (Å²) < 4.78 is 7.57. The third kappa shape index (κ3) is 3.40. The van der Waals surface area contributed by atoms with Gasteiger partial charge < -0.3 is 9.73 Å². The number of rotatable bonds is 4. The van der Waals surface area contributed by atoms with Crippen molar-refractivity contribution < 1.29 is 4.42 Å². The predicted octanol–water partition coefficient (Wildman–Crippen LogP) is 5.82. The van der Waals surface area contributed by atoms with Gasteiger partial charge in [-0.2, -0.15) is 0 Å². The van der Waals surface area contributed by atoms with Gasteiger partial charge in [0.05, 0.1) is 6.54 Å². The van der Waals surface area contributed by atoms with Crippen LogP contribution in [-0.2, 0) is 6.54 Å². The van der Waals surface area contributed by atoms with Crippen LogP contribution in [-0.4, -0.2) is 9.97 Å². The van der Waals surface area contributed by atoms with Crippen LogP contribution in [0.5, 0.6) is 0 Å². The highest BCUT2D eigenvalue weighted by molar-refractivity contribution is 14.1. The van der Waals surface area contributed by atoms with Crippen LogP contribution in [0.4, 0.5) is 5.69 Å². The molecule has 0 aliphatic heterocycles. The average Bonchev–Trinajstić information content (AvgIpc) is 3.18. The van der Waals surface area contributed by atoms with Crippen molar-refractivity contribution in [2.45, 2.75) is 6.54 Å². The van der Waals surface area contributed by atoms with Crippen LogP contribution in [0.15, 0.2) is 53.1 Å². The third-order valence-corrected chi connectivity index (χ3v) is 5.24. The van der Waals surface area contributed by atoms with E-state index in [1.807, 2.05) is 36.4 Å². The van der Waals surface area contributed by atoms with Crippen LogP contribution >= 0.6 is 45.5 Å². The quantitative estimate of drug-likeness (QED) is 0.384. The SMILES string of the molecule is Clc1ncc(CNc2ccc3oc(-c4cccc(I)c4)nc3c2)s1. The Morgan fingerprint density at radius 3 is 2.92 bits per heavy atom. The topological polar surface area (TPSA) is 51.0 Å². The molecule has 2 aromatic carbocycles. The van der Waals surface area contributed by atoms with Gasteiger partial charge in [-0.25, -0.2) is 9.97 Å². The number of hydrogen-bond donors (Lipinski definition) is 1. The standard InChI is InChI=1S/C17H11ClIN3OS/c18-17-21-9-13(24-17)8-20-12-4-5-15-14(7-12)22-16(23-15)10-2-1-3-11(19)6-10/h1-7,9,20H,8H2. The Kier molecular flexibility index (Phi) is 4.43. The maximum absolute atomic E-state index is 5.86. The van der Waals surface area contributed by atoms with E-state index in [9.17, 15) is 0 Å². The number of benzene rings is 2. The largest absolute Gasteiger partial charge is 0.436 e. The maximum Gasteiger partial charge on any atom is 0.227 e. The number of oxazole rings is 1. The maximum atomic E-state index is 5.86. The van der Waals surface area contributed by atoms with E-state index in [2.05, 4.69) is 43.9 Å². The molecule has 4 aromatic rings. The number of thiazole rings is 1. The number of halogens is 2. The van der Waals surface area contributed by atoms with Gasteiger partial charge in [-0.1, -0.05) is 17.7 Å². The Morgan fingerprint density at radius 2 is 2.12 bits per heavy atom. The first-order chi connectivity index (χ1) is 11.7. The lowest BCUT2D eigenvalue weighted by atomic mass is 10.2. The van der Waals surface area contributed by atoms with Crippen molar-refractivity contribution in [2.75, 3.05) is 5.32 Å². The summed E-state index contributed by atoms with van der Waals surface area (Å²) >= 11 is 9.60. The summed E-state index contributed by atoms with van der Waals surface area (Å²) in [4.78, 5) is 9.72. The third-order valence-electron chi connectivity index (χ3n) is 3.45. The van der Waals surface area contributed by atoms with Gasteiger partial charge in [-0.15, -0.1) is 11.3 Å². The number of fused-ring (bicyclic) bond motifs is 1.